The standard InChI is InChI=1S/C18H16F3NO2.ClH/c19-18(20,21)15-7-6-13-9-16(17(23)24)22(11-14(13)8-15)10-12-4-2-1-3-5-12;/h1-8,16H,9-11H2,(H,23,24);1H. The Kier molecular flexibility index (Phi) is 5.75. The second-order valence-electron chi connectivity index (χ2n) is 5.93. The van der Waals surface area contributed by atoms with Crippen LogP contribution >= 0.6 is 12.4 Å². The Morgan fingerprint density at radius 3 is 2.40 bits per heavy atom. The molecule has 0 radical (unpaired) electrons. The van der Waals surface area contributed by atoms with Crippen molar-refractivity contribution in [3.63, 3.8) is 0 Å². The molecule has 2 aromatic carbocycles. The van der Waals surface area contributed by atoms with Crippen LogP contribution in [0, 0.1) is 0 Å². The fraction of sp³-hybridized carbons (Fsp3) is 0.278. The molecule has 0 aromatic heterocycles. The van der Waals surface area contributed by atoms with Crippen molar-refractivity contribution < 1.29 is 23.1 Å². The molecule has 0 saturated carbocycles. The quantitative estimate of drug-likeness (QED) is 0.881. The number of benzene rings is 2. The van der Waals surface area contributed by atoms with E-state index in [1.807, 2.05) is 30.3 Å². The molecule has 0 aliphatic carbocycles. The third kappa shape index (κ3) is 4.32. The Bertz CT molecular complexity index is 750. The molecule has 1 aliphatic heterocycles. The monoisotopic (exact) mass is 371 g/mol. The van der Waals surface area contributed by atoms with Gasteiger partial charge in [0.25, 0.3) is 0 Å². The second kappa shape index (κ2) is 7.45. The SMILES string of the molecule is Cl.O=C(O)C1Cc2ccc(C(F)(F)F)cc2CN1Cc1ccccc1. The van der Waals surface area contributed by atoms with Crippen LogP contribution in [0.25, 0.3) is 0 Å². The minimum absolute atomic E-state index is 0. The zero-order valence-corrected chi connectivity index (χ0v) is 14.0. The third-order valence-corrected chi connectivity index (χ3v) is 4.27. The maximum atomic E-state index is 12.9. The first-order chi connectivity index (χ1) is 11.3. The van der Waals surface area contributed by atoms with Crippen molar-refractivity contribution in [2.75, 3.05) is 0 Å². The topological polar surface area (TPSA) is 40.5 Å². The summed E-state index contributed by atoms with van der Waals surface area (Å²) >= 11 is 0. The number of hydrogen-bond donors (Lipinski definition) is 1. The highest BCUT2D eigenvalue weighted by Gasteiger charge is 2.35. The number of rotatable bonds is 3. The Morgan fingerprint density at radius 1 is 1.12 bits per heavy atom. The molecule has 1 atom stereocenters. The summed E-state index contributed by atoms with van der Waals surface area (Å²) in [6.07, 6.45) is -4.20. The summed E-state index contributed by atoms with van der Waals surface area (Å²) < 4.78 is 38.7. The zero-order chi connectivity index (χ0) is 17.3. The van der Waals surface area contributed by atoms with Crippen LogP contribution in [0.3, 0.4) is 0 Å². The van der Waals surface area contributed by atoms with Crippen LogP contribution in [0.2, 0.25) is 0 Å². The van der Waals surface area contributed by atoms with Gasteiger partial charge in [0, 0.05) is 13.1 Å². The summed E-state index contributed by atoms with van der Waals surface area (Å²) in [4.78, 5) is 13.3. The van der Waals surface area contributed by atoms with Crippen molar-refractivity contribution in [2.45, 2.75) is 31.7 Å². The Labute approximate surface area is 149 Å². The van der Waals surface area contributed by atoms with Crippen molar-refractivity contribution in [3.8, 4) is 0 Å². The summed E-state index contributed by atoms with van der Waals surface area (Å²) in [5, 5.41) is 9.47. The van der Waals surface area contributed by atoms with E-state index in [4.69, 9.17) is 0 Å². The Hall–Kier alpha value is -2.05. The highest BCUT2D eigenvalue weighted by molar-refractivity contribution is 5.85. The molecule has 25 heavy (non-hydrogen) atoms. The van der Waals surface area contributed by atoms with Crippen LogP contribution in [-0.4, -0.2) is 22.0 Å². The van der Waals surface area contributed by atoms with Crippen LogP contribution in [0.4, 0.5) is 13.2 Å². The normalized spacial score (nSPS) is 17.5. The maximum absolute atomic E-state index is 12.9. The largest absolute Gasteiger partial charge is 0.480 e. The Balaban J connectivity index is 0.00000225. The van der Waals surface area contributed by atoms with E-state index in [-0.39, 0.29) is 25.4 Å². The third-order valence-electron chi connectivity index (χ3n) is 4.27. The first-order valence-corrected chi connectivity index (χ1v) is 7.54. The Morgan fingerprint density at radius 2 is 1.80 bits per heavy atom. The lowest BCUT2D eigenvalue weighted by atomic mass is 9.92. The van der Waals surface area contributed by atoms with Gasteiger partial charge in [-0.1, -0.05) is 36.4 Å². The van der Waals surface area contributed by atoms with E-state index in [1.165, 1.54) is 6.07 Å². The zero-order valence-electron chi connectivity index (χ0n) is 13.2. The average Bonchev–Trinajstić information content (AvgIpc) is 2.53. The maximum Gasteiger partial charge on any atom is 0.416 e. The summed E-state index contributed by atoms with van der Waals surface area (Å²) in [6.45, 7) is 0.568. The highest BCUT2D eigenvalue weighted by atomic mass is 35.5. The number of carbonyl (C=O) groups is 1. The number of carboxylic acid groups (broad SMARTS) is 1. The molecule has 0 saturated heterocycles. The molecule has 3 nitrogen and oxygen atoms in total. The molecule has 7 heteroatoms. The van der Waals surface area contributed by atoms with Gasteiger partial charge in [-0.3, -0.25) is 9.69 Å². The summed E-state index contributed by atoms with van der Waals surface area (Å²) in [5.41, 5.74) is 1.44. The second-order valence-corrected chi connectivity index (χ2v) is 5.93. The van der Waals surface area contributed by atoms with E-state index in [1.54, 1.807) is 4.90 Å². The number of hydrogen-bond acceptors (Lipinski definition) is 2. The minimum Gasteiger partial charge on any atom is -0.480 e. The van der Waals surface area contributed by atoms with E-state index in [9.17, 15) is 23.1 Å². The summed E-state index contributed by atoms with van der Waals surface area (Å²) in [5.74, 6) is -0.962. The number of aliphatic carboxylic acids is 1. The van der Waals surface area contributed by atoms with Crippen LogP contribution in [-0.2, 0) is 30.5 Å². The molecule has 2 aromatic rings. The molecule has 0 amide bonds. The molecule has 3 rings (SSSR count). The lowest BCUT2D eigenvalue weighted by molar-refractivity contribution is -0.144. The molecule has 1 heterocycles. The van der Waals surface area contributed by atoms with Crippen LogP contribution in [0.1, 0.15) is 22.3 Å². The molecule has 0 spiro atoms. The molecule has 134 valence electrons. The lowest BCUT2D eigenvalue weighted by Gasteiger charge is -2.34. The number of fused-ring (bicyclic) bond motifs is 1. The van der Waals surface area contributed by atoms with E-state index in [0.29, 0.717) is 17.7 Å². The van der Waals surface area contributed by atoms with Crippen molar-refractivity contribution in [1.82, 2.24) is 4.90 Å². The van der Waals surface area contributed by atoms with Gasteiger partial charge in [0.2, 0.25) is 0 Å². The van der Waals surface area contributed by atoms with Crippen molar-refractivity contribution >= 4 is 18.4 Å². The van der Waals surface area contributed by atoms with Gasteiger partial charge in [-0.05, 0) is 35.2 Å². The van der Waals surface area contributed by atoms with Crippen LogP contribution < -0.4 is 0 Å². The van der Waals surface area contributed by atoms with Gasteiger partial charge in [0.1, 0.15) is 6.04 Å². The molecular formula is C18H17ClF3NO2. The molecule has 1 unspecified atom stereocenters. The van der Waals surface area contributed by atoms with Gasteiger partial charge in [-0.25, -0.2) is 0 Å². The van der Waals surface area contributed by atoms with Crippen molar-refractivity contribution in [2.24, 2.45) is 0 Å². The van der Waals surface area contributed by atoms with Gasteiger partial charge in [0.15, 0.2) is 0 Å². The van der Waals surface area contributed by atoms with Gasteiger partial charge < -0.3 is 5.11 Å². The minimum atomic E-state index is -4.40. The van der Waals surface area contributed by atoms with E-state index >= 15 is 0 Å². The summed E-state index contributed by atoms with van der Waals surface area (Å²) in [7, 11) is 0. The lowest BCUT2D eigenvalue weighted by Crippen LogP contribution is -2.45. The van der Waals surface area contributed by atoms with Gasteiger partial charge >= 0.3 is 12.1 Å². The van der Waals surface area contributed by atoms with Crippen molar-refractivity contribution in [1.29, 1.82) is 0 Å². The van der Waals surface area contributed by atoms with Crippen molar-refractivity contribution in [3.05, 3.63) is 70.8 Å². The van der Waals surface area contributed by atoms with Gasteiger partial charge in [-0.15, -0.1) is 12.4 Å². The van der Waals surface area contributed by atoms with Gasteiger partial charge in [0.05, 0.1) is 5.56 Å². The predicted octanol–water partition coefficient (Wildman–Crippen LogP) is 4.14. The number of nitrogens with zero attached hydrogens (tertiary/aromatic N) is 1. The fourth-order valence-corrected chi connectivity index (χ4v) is 3.04. The fourth-order valence-electron chi connectivity index (χ4n) is 3.04. The molecule has 1 aliphatic rings. The molecule has 0 bridgehead atoms. The molecule has 0 fully saturated rings. The first-order valence-electron chi connectivity index (χ1n) is 7.54. The van der Waals surface area contributed by atoms with Gasteiger partial charge in [-0.2, -0.15) is 13.2 Å². The van der Waals surface area contributed by atoms with E-state index in [0.717, 1.165) is 17.7 Å². The number of alkyl halides is 3. The molecular weight excluding hydrogens is 355 g/mol. The van der Waals surface area contributed by atoms with Crippen LogP contribution in [0.5, 0.6) is 0 Å². The summed E-state index contributed by atoms with van der Waals surface area (Å²) in [6, 6.07) is 12.1. The first kappa shape index (κ1) is 19.3. The van der Waals surface area contributed by atoms with E-state index in [2.05, 4.69) is 0 Å². The predicted molar refractivity (Wildman–Crippen MR) is 89.5 cm³/mol. The molecule has 1 N–H and O–H groups in total. The van der Waals surface area contributed by atoms with Crippen LogP contribution in [0.15, 0.2) is 48.5 Å². The number of carboxylic acids is 1. The van der Waals surface area contributed by atoms with E-state index < -0.39 is 23.8 Å². The average molecular weight is 372 g/mol. The smallest absolute Gasteiger partial charge is 0.416 e. The highest BCUT2D eigenvalue weighted by Crippen LogP contribution is 2.33. The number of halogens is 4.